The summed E-state index contributed by atoms with van der Waals surface area (Å²) in [6.07, 6.45) is -3.84. The van der Waals surface area contributed by atoms with Crippen LogP contribution in [-0.4, -0.2) is 52.0 Å². The van der Waals surface area contributed by atoms with E-state index in [9.17, 15) is 20.1 Å². The molecule has 1 fully saturated rings. The number of ketones is 1. The van der Waals surface area contributed by atoms with Gasteiger partial charge in [-0.2, -0.15) is 0 Å². The minimum atomic E-state index is -1.80. The summed E-state index contributed by atoms with van der Waals surface area (Å²) in [5, 5.41) is 28.6. The highest BCUT2D eigenvalue weighted by Gasteiger charge is 2.52. The highest BCUT2D eigenvalue weighted by Crippen LogP contribution is 2.32. The lowest BCUT2D eigenvalue weighted by atomic mass is 10.1. The van der Waals surface area contributed by atoms with E-state index in [1.165, 1.54) is 6.92 Å². The van der Waals surface area contributed by atoms with Gasteiger partial charge >= 0.3 is 0 Å². The first-order valence-corrected chi connectivity index (χ1v) is 4.78. The van der Waals surface area contributed by atoms with Crippen LogP contribution in [0.2, 0.25) is 0 Å². The molecule has 1 aliphatic heterocycles. The number of ether oxygens (including phenoxy) is 2. The molecule has 0 radical (unpaired) electrons. The van der Waals surface area contributed by atoms with Crippen molar-refractivity contribution in [3.05, 3.63) is 0 Å². The third kappa shape index (κ3) is 2.53. The predicted molar refractivity (Wildman–Crippen MR) is 48.8 cm³/mol. The number of hydrogen-bond donors (Lipinski definition) is 3. The molecule has 15 heavy (non-hydrogen) atoms. The molecule has 0 saturated carbocycles. The van der Waals surface area contributed by atoms with Crippen molar-refractivity contribution in [3.8, 4) is 0 Å². The Morgan fingerprint density at radius 2 is 2.13 bits per heavy atom. The molecule has 0 aromatic carbocycles. The molecule has 0 aromatic rings. The lowest BCUT2D eigenvalue weighted by Crippen LogP contribution is -2.42. The molecule has 0 spiro atoms. The molecule has 6 heteroatoms. The zero-order valence-electron chi connectivity index (χ0n) is 8.71. The van der Waals surface area contributed by atoms with Crippen LogP contribution >= 0.6 is 0 Å². The summed E-state index contributed by atoms with van der Waals surface area (Å²) in [4.78, 5) is 10.6. The molecule has 1 heterocycles. The van der Waals surface area contributed by atoms with Crippen molar-refractivity contribution in [3.63, 3.8) is 0 Å². The van der Waals surface area contributed by atoms with Gasteiger partial charge in [-0.05, 0) is 6.92 Å². The molecule has 6 nitrogen and oxygen atoms in total. The molecule has 1 aliphatic rings. The fourth-order valence-electron chi connectivity index (χ4n) is 1.38. The summed E-state index contributed by atoms with van der Waals surface area (Å²) >= 11 is 0. The smallest absolute Gasteiger partial charge is 0.197 e. The average Bonchev–Trinajstić information content (AvgIpc) is 2.41. The van der Waals surface area contributed by atoms with Crippen LogP contribution in [0.3, 0.4) is 0 Å². The minimum Gasteiger partial charge on any atom is -0.385 e. The molecule has 0 aromatic heterocycles. The first-order chi connectivity index (χ1) is 6.90. The van der Waals surface area contributed by atoms with E-state index in [-0.39, 0.29) is 18.8 Å². The Hall–Kier alpha value is -0.530. The number of aliphatic hydroxyl groups excluding tert-OH is 2. The first-order valence-electron chi connectivity index (χ1n) is 4.78. The summed E-state index contributed by atoms with van der Waals surface area (Å²) in [5.74, 6) is -2.03. The topological polar surface area (TPSA) is 96.2 Å². The lowest BCUT2D eigenvalue weighted by molar-refractivity contribution is -0.268. The van der Waals surface area contributed by atoms with Crippen molar-refractivity contribution in [2.75, 3.05) is 6.61 Å². The Bertz CT molecular complexity index is 243. The third-order valence-electron chi connectivity index (χ3n) is 2.34. The van der Waals surface area contributed by atoms with Gasteiger partial charge in [-0.1, -0.05) is 6.92 Å². The SMILES string of the molecule is CC[C@@]1(O)O[C@H](OCC(C)=O)[C@@H](O)[C@@H]1O. The minimum absolute atomic E-state index is 0.116. The molecule has 1 saturated heterocycles. The first kappa shape index (κ1) is 12.5. The number of rotatable bonds is 4. The summed E-state index contributed by atoms with van der Waals surface area (Å²) in [7, 11) is 0. The van der Waals surface area contributed by atoms with E-state index in [4.69, 9.17) is 9.47 Å². The molecule has 1 rings (SSSR count). The van der Waals surface area contributed by atoms with Gasteiger partial charge in [0.05, 0.1) is 0 Å². The van der Waals surface area contributed by atoms with Crippen molar-refractivity contribution in [2.24, 2.45) is 0 Å². The van der Waals surface area contributed by atoms with Gasteiger partial charge in [-0.3, -0.25) is 4.79 Å². The number of carbonyl (C=O) groups excluding carboxylic acids is 1. The Kier molecular flexibility index (Phi) is 3.80. The lowest BCUT2D eigenvalue weighted by Gasteiger charge is -2.23. The summed E-state index contributed by atoms with van der Waals surface area (Å²) in [6.45, 7) is 2.70. The van der Waals surface area contributed by atoms with Crippen molar-refractivity contribution >= 4 is 5.78 Å². The molecule has 88 valence electrons. The molecule has 4 atom stereocenters. The summed E-state index contributed by atoms with van der Waals surface area (Å²) in [5.41, 5.74) is 0. The molecular weight excluding hydrogens is 204 g/mol. The van der Waals surface area contributed by atoms with Gasteiger partial charge in [-0.25, -0.2) is 0 Å². The Morgan fingerprint density at radius 3 is 2.53 bits per heavy atom. The van der Waals surface area contributed by atoms with E-state index in [1.807, 2.05) is 0 Å². The van der Waals surface area contributed by atoms with E-state index < -0.39 is 24.3 Å². The maximum Gasteiger partial charge on any atom is 0.197 e. The number of Topliss-reactive ketones (excluding diaryl/α,β-unsaturated/α-hetero) is 1. The predicted octanol–water partition coefficient (Wildman–Crippen LogP) is -1.23. The molecule has 0 unspecified atom stereocenters. The van der Waals surface area contributed by atoms with Gasteiger partial charge in [0, 0.05) is 6.42 Å². The standard InChI is InChI=1S/C9H16O6/c1-3-9(13)7(12)6(11)8(15-9)14-4-5(2)10/h6-8,11-13H,3-4H2,1-2H3/t6-,7-,8-,9+/m0/s1. The molecule has 0 aliphatic carbocycles. The van der Waals surface area contributed by atoms with E-state index in [0.717, 1.165) is 0 Å². The Morgan fingerprint density at radius 1 is 1.53 bits per heavy atom. The fraction of sp³-hybridized carbons (Fsp3) is 0.889. The van der Waals surface area contributed by atoms with E-state index in [1.54, 1.807) is 6.92 Å². The van der Waals surface area contributed by atoms with Crippen molar-refractivity contribution in [1.29, 1.82) is 0 Å². The van der Waals surface area contributed by atoms with Gasteiger partial charge in [0.25, 0.3) is 0 Å². The van der Waals surface area contributed by atoms with Crippen LogP contribution in [-0.2, 0) is 14.3 Å². The van der Waals surface area contributed by atoms with E-state index in [0.29, 0.717) is 0 Å². The Balaban J connectivity index is 2.59. The van der Waals surface area contributed by atoms with Crippen LogP contribution in [0.1, 0.15) is 20.3 Å². The molecular formula is C9H16O6. The summed E-state index contributed by atoms with van der Waals surface area (Å²) < 4.78 is 9.86. The highest BCUT2D eigenvalue weighted by molar-refractivity contribution is 5.76. The van der Waals surface area contributed by atoms with Crippen LogP contribution < -0.4 is 0 Å². The molecule has 0 bridgehead atoms. The van der Waals surface area contributed by atoms with E-state index >= 15 is 0 Å². The van der Waals surface area contributed by atoms with Crippen LogP contribution in [0.25, 0.3) is 0 Å². The second-order valence-corrected chi connectivity index (χ2v) is 3.63. The van der Waals surface area contributed by atoms with Crippen molar-refractivity contribution in [2.45, 2.75) is 44.6 Å². The normalized spacial score (nSPS) is 40.7. The third-order valence-corrected chi connectivity index (χ3v) is 2.34. The number of hydrogen-bond acceptors (Lipinski definition) is 6. The monoisotopic (exact) mass is 220 g/mol. The fourth-order valence-corrected chi connectivity index (χ4v) is 1.38. The van der Waals surface area contributed by atoms with E-state index in [2.05, 4.69) is 0 Å². The van der Waals surface area contributed by atoms with Crippen molar-refractivity contribution in [1.82, 2.24) is 0 Å². The second-order valence-electron chi connectivity index (χ2n) is 3.63. The molecule has 0 amide bonds. The van der Waals surface area contributed by atoms with Gasteiger partial charge < -0.3 is 24.8 Å². The average molecular weight is 220 g/mol. The quantitative estimate of drug-likeness (QED) is 0.549. The second kappa shape index (κ2) is 4.54. The number of aliphatic hydroxyl groups is 3. The van der Waals surface area contributed by atoms with Crippen LogP contribution in [0.15, 0.2) is 0 Å². The van der Waals surface area contributed by atoms with Crippen LogP contribution in [0, 0.1) is 0 Å². The Labute approximate surface area is 87.4 Å². The van der Waals surface area contributed by atoms with Crippen LogP contribution in [0.4, 0.5) is 0 Å². The zero-order valence-corrected chi connectivity index (χ0v) is 8.71. The number of carbonyl (C=O) groups is 1. The maximum atomic E-state index is 10.6. The highest BCUT2D eigenvalue weighted by atomic mass is 16.8. The van der Waals surface area contributed by atoms with Gasteiger partial charge in [0.2, 0.25) is 0 Å². The van der Waals surface area contributed by atoms with Crippen molar-refractivity contribution < 1.29 is 29.6 Å². The molecule has 3 N–H and O–H groups in total. The van der Waals surface area contributed by atoms with Gasteiger partial charge in [0.15, 0.2) is 17.9 Å². The van der Waals surface area contributed by atoms with Gasteiger partial charge in [0.1, 0.15) is 18.8 Å². The zero-order chi connectivity index (χ0) is 11.6. The van der Waals surface area contributed by atoms with Crippen LogP contribution in [0.5, 0.6) is 0 Å². The largest absolute Gasteiger partial charge is 0.385 e. The summed E-state index contributed by atoms with van der Waals surface area (Å²) in [6, 6.07) is 0. The van der Waals surface area contributed by atoms with Gasteiger partial charge in [-0.15, -0.1) is 0 Å². The maximum absolute atomic E-state index is 10.6.